The molecule has 1 N–H and O–H groups in total. The molecule has 8 heteroatoms. The highest BCUT2D eigenvalue weighted by Gasteiger charge is 2.26. The van der Waals surface area contributed by atoms with Gasteiger partial charge in [-0.2, -0.15) is 0 Å². The predicted molar refractivity (Wildman–Crippen MR) is 126 cm³/mol. The Morgan fingerprint density at radius 1 is 1.03 bits per heavy atom. The summed E-state index contributed by atoms with van der Waals surface area (Å²) in [7, 11) is 1.33. The first-order valence-electron chi connectivity index (χ1n) is 11.0. The number of hydrogen-bond acceptors (Lipinski definition) is 8. The quantitative estimate of drug-likeness (QED) is 0.214. The van der Waals surface area contributed by atoms with Gasteiger partial charge in [0.05, 0.1) is 25.0 Å². The van der Waals surface area contributed by atoms with Crippen molar-refractivity contribution < 1.29 is 38.4 Å². The van der Waals surface area contributed by atoms with Gasteiger partial charge in [0.15, 0.2) is 0 Å². The third-order valence-electron chi connectivity index (χ3n) is 4.87. The lowest BCUT2D eigenvalue weighted by atomic mass is 9.91. The topological polar surface area (TPSA) is 108 Å². The summed E-state index contributed by atoms with van der Waals surface area (Å²) in [6.07, 6.45) is 4.52. The molecule has 0 heterocycles. The number of hydrogen-bond donors (Lipinski definition) is 1. The van der Waals surface area contributed by atoms with Gasteiger partial charge in [-0.1, -0.05) is 32.9 Å². The second kappa shape index (κ2) is 16.7. The maximum atomic E-state index is 11.8. The van der Waals surface area contributed by atoms with Crippen molar-refractivity contribution in [1.82, 2.24) is 0 Å². The fourth-order valence-corrected chi connectivity index (χ4v) is 2.00. The highest BCUT2D eigenvalue weighted by Crippen LogP contribution is 2.21. The van der Waals surface area contributed by atoms with Crippen LogP contribution in [0, 0.1) is 11.3 Å². The summed E-state index contributed by atoms with van der Waals surface area (Å²) in [6.45, 7) is 9.92. The average molecular weight is 467 g/mol. The number of aliphatic hydroxyl groups excluding tert-OH is 1. The minimum absolute atomic E-state index is 0.0495. The standard InChI is InChI=1S/C18H24O5.C7H14O3/c1-5-18(2,3)17(20)23-13-12-22-15-9-6-14(7-10-15)8-11-16(19)21-4;1-3-6(2)7(9)10-5-4-8/h6-11H,5,12-13H2,1-4H3;6,8H,3-5H2,1-2H3/b11-8+;. The van der Waals surface area contributed by atoms with Crippen LogP contribution in [-0.2, 0) is 28.6 Å². The normalized spacial score (nSPS) is 11.7. The molecule has 0 saturated carbocycles. The van der Waals surface area contributed by atoms with Crippen LogP contribution in [0.1, 0.15) is 53.0 Å². The van der Waals surface area contributed by atoms with E-state index in [-0.39, 0.29) is 37.7 Å². The summed E-state index contributed by atoms with van der Waals surface area (Å²) < 4.78 is 19.9. The molecule has 0 amide bonds. The van der Waals surface area contributed by atoms with Crippen molar-refractivity contribution in [1.29, 1.82) is 0 Å². The summed E-state index contributed by atoms with van der Waals surface area (Å²) in [5.74, 6) is -0.219. The molecule has 1 aromatic rings. The number of rotatable bonds is 12. The van der Waals surface area contributed by atoms with E-state index in [0.29, 0.717) is 12.4 Å². The Morgan fingerprint density at radius 3 is 2.18 bits per heavy atom. The Kier molecular flexibility index (Phi) is 15.3. The molecule has 8 nitrogen and oxygen atoms in total. The molecule has 0 aromatic heterocycles. The number of aliphatic hydroxyl groups is 1. The highest BCUT2D eigenvalue weighted by atomic mass is 16.6. The minimum atomic E-state index is -0.465. The fraction of sp³-hybridized carbons (Fsp3) is 0.560. The zero-order chi connectivity index (χ0) is 25.3. The van der Waals surface area contributed by atoms with E-state index in [2.05, 4.69) is 9.47 Å². The Balaban J connectivity index is 0.000000861. The molecule has 0 bridgehead atoms. The molecule has 0 aliphatic rings. The van der Waals surface area contributed by atoms with E-state index in [9.17, 15) is 14.4 Å². The van der Waals surface area contributed by atoms with Crippen molar-refractivity contribution in [2.24, 2.45) is 11.3 Å². The molecule has 1 aromatic carbocycles. The molecule has 186 valence electrons. The zero-order valence-corrected chi connectivity index (χ0v) is 20.6. The fourth-order valence-electron chi connectivity index (χ4n) is 2.00. The summed E-state index contributed by atoms with van der Waals surface area (Å²) in [5, 5.41) is 8.29. The number of carbonyl (C=O) groups excluding carboxylic acids is 3. The molecule has 0 aliphatic carbocycles. The maximum absolute atomic E-state index is 11.8. The van der Waals surface area contributed by atoms with Crippen molar-refractivity contribution in [2.45, 2.75) is 47.5 Å². The van der Waals surface area contributed by atoms with Gasteiger partial charge in [0.2, 0.25) is 0 Å². The Hall–Kier alpha value is -2.87. The number of ether oxygens (including phenoxy) is 4. The molecule has 0 radical (unpaired) electrons. The van der Waals surface area contributed by atoms with E-state index in [1.54, 1.807) is 25.1 Å². The molecular formula is C25H38O8. The smallest absolute Gasteiger partial charge is 0.330 e. The van der Waals surface area contributed by atoms with Gasteiger partial charge >= 0.3 is 17.9 Å². The van der Waals surface area contributed by atoms with Crippen molar-refractivity contribution in [3.05, 3.63) is 35.9 Å². The van der Waals surface area contributed by atoms with Gasteiger partial charge in [-0.25, -0.2) is 4.79 Å². The van der Waals surface area contributed by atoms with Crippen LogP contribution >= 0.6 is 0 Å². The first-order valence-corrected chi connectivity index (χ1v) is 11.0. The number of benzene rings is 1. The maximum Gasteiger partial charge on any atom is 0.330 e. The van der Waals surface area contributed by atoms with E-state index in [4.69, 9.17) is 14.6 Å². The van der Waals surface area contributed by atoms with Gasteiger partial charge in [-0.3, -0.25) is 9.59 Å². The van der Waals surface area contributed by atoms with Gasteiger partial charge in [-0.15, -0.1) is 0 Å². The lowest BCUT2D eigenvalue weighted by Gasteiger charge is -2.20. The van der Waals surface area contributed by atoms with Gasteiger partial charge in [0.25, 0.3) is 0 Å². The Bertz CT molecular complexity index is 737. The zero-order valence-electron chi connectivity index (χ0n) is 20.6. The van der Waals surface area contributed by atoms with Crippen molar-refractivity contribution >= 4 is 24.0 Å². The van der Waals surface area contributed by atoms with Crippen LogP contribution in [0.5, 0.6) is 5.75 Å². The summed E-state index contributed by atoms with van der Waals surface area (Å²) in [6, 6.07) is 7.21. The average Bonchev–Trinajstić information content (AvgIpc) is 2.83. The van der Waals surface area contributed by atoms with E-state index >= 15 is 0 Å². The Labute approximate surface area is 196 Å². The third-order valence-corrected chi connectivity index (χ3v) is 4.87. The van der Waals surface area contributed by atoms with E-state index in [1.807, 2.05) is 39.8 Å². The highest BCUT2D eigenvalue weighted by molar-refractivity contribution is 5.86. The van der Waals surface area contributed by atoms with Crippen LogP contribution in [0.3, 0.4) is 0 Å². The molecule has 33 heavy (non-hydrogen) atoms. The van der Waals surface area contributed by atoms with Crippen LogP contribution in [0.25, 0.3) is 6.08 Å². The van der Waals surface area contributed by atoms with E-state index in [0.717, 1.165) is 18.4 Å². The first-order chi connectivity index (χ1) is 15.6. The van der Waals surface area contributed by atoms with Crippen molar-refractivity contribution in [3.8, 4) is 5.75 Å². The van der Waals surface area contributed by atoms with Crippen LogP contribution in [0.15, 0.2) is 30.3 Å². The lowest BCUT2D eigenvalue weighted by Crippen LogP contribution is -2.27. The van der Waals surface area contributed by atoms with Gasteiger partial charge in [0.1, 0.15) is 25.6 Å². The summed E-state index contributed by atoms with van der Waals surface area (Å²) in [4.78, 5) is 33.6. The predicted octanol–water partition coefficient (Wildman–Crippen LogP) is 3.80. The molecule has 1 atom stereocenters. The first kappa shape index (κ1) is 30.1. The minimum Gasteiger partial charge on any atom is -0.490 e. The summed E-state index contributed by atoms with van der Waals surface area (Å²) in [5.41, 5.74) is 0.395. The number of carbonyl (C=O) groups is 3. The lowest BCUT2D eigenvalue weighted by molar-refractivity contribution is -0.154. The van der Waals surface area contributed by atoms with Gasteiger partial charge < -0.3 is 24.1 Å². The molecular weight excluding hydrogens is 428 g/mol. The van der Waals surface area contributed by atoms with Crippen molar-refractivity contribution in [2.75, 3.05) is 33.5 Å². The second-order valence-electron chi connectivity index (χ2n) is 7.85. The molecule has 0 fully saturated rings. The Morgan fingerprint density at radius 2 is 1.67 bits per heavy atom. The van der Waals surface area contributed by atoms with Crippen LogP contribution < -0.4 is 4.74 Å². The largest absolute Gasteiger partial charge is 0.490 e. The molecule has 0 spiro atoms. The van der Waals surface area contributed by atoms with Gasteiger partial charge in [-0.05, 0) is 50.5 Å². The number of esters is 3. The monoisotopic (exact) mass is 466 g/mol. The van der Waals surface area contributed by atoms with E-state index in [1.165, 1.54) is 13.2 Å². The van der Waals surface area contributed by atoms with Crippen LogP contribution in [-0.4, -0.2) is 56.6 Å². The third kappa shape index (κ3) is 13.3. The summed E-state index contributed by atoms with van der Waals surface area (Å²) >= 11 is 0. The van der Waals surface area contributed by atoms with E-state index < -0.39 is 11.4 Å². The molecule has 0 aliphatic heterocycles. The molecule has 1 rings (SSSR count). The van der Waals surface area contributed by atoms with Crippen LogP contribution in [0.4, 0.5) is 0 Å². The number of methoxy groups -OCH3 is 1. The molecule has 1 unspecified atom stereocenters. The SMILES string of the molecule is CCC(C)(C)C(=O)OCCOc1ccc(/C=C/C(=O)OC)cc1.CCC(C)C(=O)OCCO. The van der Waals surface area contributed by atoms with Crippen molar-refractivity contribution in [3.63, 3.8) is 0 Å². The molecule has 0 saturated heterocycles. The van der Waals surface area contributed by atoms with Crippen LogP contribution in [0.2, 0.25) is 0 Å². The van der Waals surface area contributed by atoms with Gasteiger partial charge in [0, 0.05) is 6.08 Å². The second-order valence-corrected chi connectivity index (χ2v) is 7.85.